The number of methoxy groups -OCH3 is 1. The van der Waals surface area contributed by atoms with Crippen LogP contribution in [0.3, 0.4) is 0 Å². The zero-order chi connectivity index (χ0) is 70.3. The van der Waals surface area contributed by atoms with E-state index in [1.807, 2.05) is 0 Å². The third-order valence-electron chi connectivity index (χ3n) is 15.8. The fraction of sp³-hybridized carbons (Fsp3) is 0.500. The number of anilines is 4. The average molecular weight is 1460 g/mol. The van der Waals surface area contributed by atoms with Crippen molar-refractivity contribution in [2.45, 2.75) is 111 Å². The number of nitrogen functional groups attached to an aromatic ring is 3. The van der Waals surface area contributed by atoms with Gasteiger partial charge in [0.15, 0.2) is 47.1 Å². The SMILES string of the molecule is COc1ccc(C[C@H](NP(=O)(O)O[C@H]2C[C@H](n3cnc4c(N)ncnc43)O[C@@H]2COP(=O)(O)O[C@H]2[C@@H](O)[C@H](n3ccc(N)nc3=O)O[C@@H]2COP(=O)(O)O[C@H]2[C@@H](O)[C@H](n3ccc(N)nc3=O)O[C@@H]2COP(=O)=O)C(=O)N[C@H]2[C@@H](O)[C@H](n3cnc4c(N(C)C)ncnc43)O[C@@H]2CO)cc1. The Morgan fingerprint density at radius 1 is 0.694 bits per heavy atom. The van der Waals surface area contributed by atoms with E-state index in [-0.39, 0.29) is 40.7 Å². The predicted octanol–water partition coefficient (Wildman–Crippen LogP) is -2.66. The number of amides is 1. The van der Waals surface area contributed by atoms with Crippen molar-refractivity contribution >= 4 is 82.8 Å². The first-order chi connectivity index (χ1) is 46.5. The molecular weight excluding hydrogens is 1390 g/mol. The van der Waals surface area contributed by atoms with Crippen LogP contribution in [0.1, 0.15) is 36.9 Å². The van der Waals surface area contributed by atoms with Gasteiger partial charge >= 0.3 is 42.7 Å². The molecule has 19 atom stereocenters. The maximum Gasteiger partial charge on any atom is 0.472 e. The molecule has 98 heavy (non-hydrogen) atoms. The van der Waals surface area contributed by atoms with Gasteiger partial charge in [0, 0.05) is 32.9 Å². The summed E-state index contributed by atoms with van der Waals surface area (Å²) in [5.41, 5.74) is 16.2. The quantitative estimate of drug-likeness (QED) is 0.0223. The molecule has 15 N–H and O–H groups in total. The van der Waals surface area contributed by atoms with Gasteiger partial charge in [-0.2, -0.15) is 9.97 Å². The van der Waals surface area contributed by atoms with Gasteiger partial charge in [0.25, 0.3) is 0 Å². The van der Waals surface area contributed by atoms with Crippen molar-refractivity contribution in [2.75, 3.05) is 69.7 Å². The lowest BCUT2D eigenvalue weighted by Crippen LogP contribution is -2.54. The molecule has 0 aliphatic carbocycles. The predicted molar refractivity (Wildman–Crippen MR) is 326 cm³/mol. The zero-order valence-corrected chi connectivity index (χ0v) is 54.7. The second-order valence-corrected chi connectivity index (χ2v) is 27.4. The van der Waals surface area contributed by atoms with Gasteiger partial charge in [-0.3, -0.25) is 50.2 Å². The molecule has 1 amide bonds. The fourth-order valence-electron chi connectivity index (χ4n) is 11.2. The van der Waals surface area contributed by atoms with E-state index in [2.05, 4.69) is 54.8 Å². The number of fused-ring (bicyclic) bond motifs is 2. The maximum atomic E-state index is 14.7. The molecule has 4 aliphatic rings. The standard InChI is InChI=1S/C50H64N18O26P4/c1-64(2)42-35-44(57-19-55-42)68(21-59-35)46-36(70)33(26(14-69)89-46)62-45(73)24(12-22-4-6-23(84-3)7-5-22)63-96(78,79)92-25-13-32(67-20-58-34-41(53)54-18-56-43(34)67)88-27(25)16-86-97(80,81)94-40-29(91-48(38(40)72)66-11-9-31(52)61-50(66)75)17-87-98(82,83)93-39-28(15-85-95(76)77)90-47(37(39)71)65-10-8-30(51)60-49(65)74/h4-11,18-21,24-29,32-33,36-40,46-48,69-72H,12-17H2,1-3H3,(H,62,73)(H,80,81)(H,82,83)(H2,51,60,74)(H2,52,61,75)(H2,53,54,56)(H2,63,78,79)/t24-,25-,26+,27+,28+,29+,32+,33+,36+,37+,38+,39+,40+,46+,47+,48+/m0/s1. The Hall–Kier alpha value is -7.58. The molecule has 10 heterocycles. The monoisotopic (exact) mass is 1460 g/mol. The first kappa shape index (κ1) is 71.7. The van der Waals surface area contributed by atoms with E-state index in [9.17, 15) is 72.3 Å². The number of phosphoric acid groups is 2. The van der Waals surface area contributed by atoms with E-state index in [1.165, 1.54) is 35.2 Å². The van der Waals surface area contributed by atoms with Gasteiger partial charge in [-0.1, -0.05) is 12.1 Å². The maximum absolute atomic E-state index is 14.7. The molecule has 0 bridgehead atoms. The Kier molecular flexibility index (Phi) is 21.4. The minimum absolute atomic E-state index is 0.0569. The van der Waals surface area contributed by atoms with E-state index >= 15 is 0 Å². The average Bonchev–Trinajstić information content (AvgIpc) is 1.64. The molecule has 1 aromatic carbocycles. The van der Waals surface area contributed by atoms with Crippen molar-refractivity contribution in [3.8, 4) is 5.75 Å². The normalized spacial score (nSPS) is 28.5. The summed E-state index contributed by atoms with van der Waals surface area (Å²) in [6.07, 6.45) is -18.6. The number of rotatable bonds is 28. The van der Waals surface area contributed by atoms with Crippen LogP contribution in [-0.2, 0) is 80.1 Å². The van der Waals surface area contributed by atoms with Crippen LogP contribution < -0.4 is 48.6 Å². The summed E-state index contributed by atoms with van der Waals surface area (Å²) in [6.45, 7) is -4.05. The van der Waals surface area contributed by atoms with Gasteiger partial charge in [0.2, 0.25) is 5.91 Å². The molecule has 4 aliphatic heterocycles. The van der Waals surface area contributed by atoms with Gasteiger partial charge in [0.05, 0.1) is 52.2 Å². The highest BCUT2D eigenvalue weighted by Gasteiger charge is 2.54. The number of ether oxygens (including phenoxy) is 5. The van der Waals surface area contributed by atoms with Crippen molar-refractivity contribution in [1.82, 2.24) is 68.5 Å². The number of aromatic nitrogens is 12. The molecule has 4 fully saturated rings. The Morgan fingerprint density at radius 2 is 1.23 bits per heavy atom. The number of carbonyl (C=O) groups is 1. The van der Waals surface area contributed by atoms with Crippen LogP contribution in [0.15, 0.2) is 83.7 Å². The van der Waals surface area contributed by atoms with Crippen LogP contribution in [-0.4, -0.2) is 220 Å². The Labute approximate surface area is 550 Å². The lowest BCUT2D eigenvalue weighted by Gasteiger charge is -2.28. The number of benzene rings is 1. The summed E-state index contributed by atoms with van der Waals surface area (Å²) in [5.74, 6) is -0.747. The van der Waals surface area contributed by atoms with Crippen molar-refractivity contribution in [2.24, 2.45) is 0 Å². The number of phosphoric ester groups is 2. The van der Waals surface area contributed by atoms with Crippen molar-refractivity contribution in [3.05, 3.63) is 101 Å². The van der Waals surface area contributed by atoms with Crippen molar-refractivity contribution in [1.29, 1.82) is 0 Å². The Balaban J connectivity index is 0.830. The summed E-state index contributed by atoms with van der Waals surface area (Å²) in [4.78, 5) is 109. The lowest BCUT2D eigenvalue weighted by molar-refractivity contribution is -0.124. The number of carbonyl (C=O) groups excluding carboxylic acids is 1. The summed E-state index contributed by atoms with van der Waals surface area (Å²) in [7, 11) is -15.5. The second-order valence-electron chi connectivity index (χ2n) is 22.4. The van der Waals surface area contributed by atoms with Crippen LogP contribution in [0.4, 0.5) is 23.3 Å². The summed E-state index contributed by atoms with van der Waals surface area (Å²) >= 11 is 0. The minimum atomic E-state index is -5.72. The third kappa shape index (κ3) is 15.7. The molecule has 11 rings (SSSR count). The third-order valence-corrected chi connectivity index (χ3v) is 19.3. The molecular formula is C50H64N18O26P4. The summed E-state index contributed by atoms with van der Waals surface area (Å²) < 4.78 is 131. The summed E-state index contributed by atoms with van der Waals surface area (Å²) in [5, 5.41) is 50.4. The number of aliphatic hydroxyl groups excluding tert-OH is 4. The lowest BCUT2D eigenvalue weighted by atomic mass is 10.0. The molecule has 48 heteroatoms. The van der Waals surface area contributed by atoms with Gasteiger partial charge in [-0.05, 0) is 36.2 Å². The highest BCUT2D eigenvalue weighted by Crippen LogP contribution is 2.53. The zero-order valence-electron chi connectivity index (χ0n) is 51.1. The van der Waals surface area contributed by atoms with E-state index in [4.69, 9.17) is 63.5 Å². The molecule has 6 aromatic heterocycles. The summed E-state index contributed by atoms with van der Waals surface area (Å²) in [6, 6.07) is 5.35. The van der Waals surface area contributed by atoms with Crippen LogP contribution >= 0.6 is 31.3 Å². The number of nitrogens with one attached hydrogen (secondary N) is 2. The molecule has 7 aromatic rings. The number of nitrogens with two attached hydrogens (primary N) is 3. The van der Waals surface area contributed by atoms with Gasteiger partial charge in [0.1, 0.15) is 109 Å². The molecule has 0 radical (unpaired) electrons. The smallest absolute Gasteiger partial charge is 0.472 e. The number of aliphatic hydroxyl groups is 4. The minimum Gasteiger partial charge on any atom is -0.497 e. The van der Waals surface area contributed by atoms with Gasteiger partial charge in [-0.15, -0.1) is 0 Å². The number of hydrogen-bond donors (Lipinski definition) is 12. The van der Waals surface area contributed by atoms with E-state index in [0.29, 0.717) is 31.8 Å². The highest BCUT2D eigenvalue weighted by atomic mass is 31.2. The van der Waals surface area contributed by atoms with Crippen molar-refractivity contribution in [3.63, 3.8) is 0 Å². The van der Waals surface area contributed by atoms with Crippen LogP contribution in [0.2, 0.25) is 0 Å². The molecule has 3 unspecified atom stereocenters. The van der Waals surface area contributed by atoms with Crippen molar-refractivity contribution < 1.29 is 114 Å². The molecule has 0 saturated carbocycles. The Morgan fingerprint density at radius 3 is 1.81 bits per heavy atom. The fourth-order valence-corrected chi connectivity index (χ4v) is 14.7. The van der Waals surface area contributed by atoms with Gasteiger partial charge < -0.3 is 86.2 Å². The van der Waals surface area contributed by atoms with E-state index in [0.717, 1.165) is 30.9 Å². The van der Waals surface area contributed by atoms with Crippen LogP contribution in [0.25, 0.3) is 22.3 Å². The Bertz CT molecular complexity index is 4390. The number of nitrogens with zero attached hydrogens (tertiary/aromatic N) is 13. The number of hydrogen-bond acceptors (Lipinski definition) is 35. The second kappa shape index (κ2) is 29.3. The number of imidazole rings is 2. The van der Waals surface area contributed by atoms with E-state index in [1.54, 1.807) is 43.3 Å². The molecule has 0 spiro atoms. The van der Waals surface area contributed by atoms with E-state index < -0.39 is 179 Å². The van der Waals surface area contributed by atoms with Gasteiger partial charge in [-0.25, -0.2) is 67.4 Å². The largest absolute Gasteiger partial charge is 0.497 e. The van der Waals surface area contributed by atoms with Crippen LogP contribution in [0, 0.1) is 0 Å². The van der Waals surface area contributed by atoms with Crippen LogP contribution in [0.5, 0.6) is 5.75 Å². The topological polar surface area (TPSA) is 608 Å². The molecule has 4 saturated heterocycles. The first-order valence-corrected chi connectivity index (χ1v) is 34.7. The molecule has 44 nitrogen and oxygen atoms in total. The first-order valence-electron chi connectivity index (χ1n) is 29.1. The highest BCUT2D eigenvalue weighted by molar-refractivity contribution is 7.50. The molecule has 530 valence electrons.